The van der Waals surface area contributed by atoms with Crippen molar-refractivity contribution in [2.24, 2.45) is 5.73 Å². The number of hydrogen-bond acceptors (Lipinski definition) is 6. The molecule has 0 aliphatic rings. The summed E-state index contributed by atoms with van der Waals surface area (Å²) < 4.78 is 49.8. The molecule has 98 valence electrons. The molecule has 0 saturated carbocycles. The Balaban J connectivity index is 4.34. The zero-order valence-corrected chi connectivity index (χ0v) is 11.2. The molecule has 0 aliphatic carbocycles. The van der Waals surface area contributed by atoms with Gasteiger partial charge in [0.1, 0.15) is 9.84 Å². The third-order valence-corrected chi connectivity index (χ3v) is 4.78. The third kappa shape index (κ3) is 8.03. The van der Waals surface area contributed by atoms with E-state index in [4.69, 9.17) is 10.5 Å². The van der Waals surface area contributed by atoms with Crippen molar-refractivity contribution in [3.8, 4) is 0 Å². The van der Waals surface area contributed by atoms with E-state index < -0.39 is 25.8 Å². The van der Waals surface area contributed by atoms with Crippen LogP contribution in [0, 0.1) is 0 Å². The largest absolute Gasteiger partial charge is 0.376 e. The quantitative estimate of drug-likeness (QED) is 0.596. The van der Waals surface area contributed by atoms with E-state index in [0.717, 1.165) is 6.26 Å². The fraction of sp³-hybridized carbons (Fsp3) is 1.00. The van der Waals surface area contributed by atoms with Gasteiger partial charge in [-0.15, -0.1) is 0 Å². The lowest BCUT2D eigenvalue weighted by atomic mass is 10.4. The van der Waals surface area contributed by atoms with Crippen LogP contribution in [0.3, 0.4) is 0 Å². The standard InChI is InChI=1S/C8H19NO5S2/c1-3-14-8(6-9)7-16(12,13)5-4-15(2,10)11/h8H,3-7,9H2,1-2H3. The van der Waals surface area contributed by atoms with Gasteiger partial charge in [0.05, 0.1) is 23.4 Å². The van der Waals surface area contributed by atoms with Gasteiger partial charge < -0.3 is 10.5 Å². The topological polar surface area (TPSA) is 104 Å². The van der Waals surface area contributed by atoms with Crippen molar-refractivity contribution in [3.63, 3.8) is 0 Å². The van der Waals surface area contributed by atoms with Crippen molar-refractivity contribution in [2.45, 2.75) is 13.0 Å². The highest BCUT2D eigenvalue weighted by molar-refractivity contribution is 7.94. The maximum atomic E-state index is 11.5. The van der Waals surface area contributed by atoms with Crippen LogP contribution >= 0.6 is 0 Å². The van der Waals surface area contributed by atoms with E-state index in [2.05, 4.69) is 0 Å². The summed E-state index contributed by atoms with van der Waals surface area (Å²) in [6.07, 6.45) is 0.445. The molecule has 0 fully saturated rings. The molecule has 2 N–H and O–H groups in total. The van der Waals surface area contributed by atoms with E-state index in [1.54, 1.807) is 6.92 Å². The summed E-state index contributed by atoms with van der Waals surface area (Å²) in [6.45, 7) is 2.22. The third-order valence-electron chi connectivity index (χ3n) is 1.87. The average Bonchev–Trinajstić information content (AvgIpc) is 2.13. The van der Waals surface area contributed by atoms with E-state index in [9.17, 15) is 16.8 Å². The van der Waals surface area contributed by atoms with Crippen LogP contribution in [0.1, 0.15) is 6.92 Å². The summed E-state index contributed by atoms with van der Waals surface area (Å²) in [5, 5.41) is 0. The normalized spacial score (nSPS) is 14.9. The molecule has 0 aromatic rings. The number of sulfone groups is 2. The van der Waals surface area contributed by atoms with Crippen LogP contribution in [0.2, 0.25) is 0 Å². The van der Waals surface area contributed by atoms with Gasteiger partial charge >= 0.3 is 0 Å². The predicted octanol–water partition coefficient (Wildman–Crippen LogP) is -1.19. The van der Waals surface area contributed by atoms with E-state index >= 15 is 0 Å². The molecule has 0 bridgehead atoms. The Morgan fingerprint density at radius 1 is 1.19 bits per heavy atom. The zero-order valence-electron chi connectivity index (χ0n) is 9.55. The Morgan fingerprint density at radius 3 is 2.12 bits per heavy atom. The minimum Gasteiger partial charge on any atom is -0.376 e. The molecule has 0 aliphatic heterocycles. The monoisotopic (exact) mass is 273 g/mol. The first-order valence-corrected chi connectivity index (χ1v) is 8.78. The highest BCUT2D eigenvalue weighted by Crippen LogP contribution is 2.00. The molecule has 16 heavy (non-hydrogen) atoms. The summed E-state index contributed by atoms with van der Waals surface area (Å²) in [7, 11) is -6.70. The summed E-state index contributed by atoms with van der Waals surface area (Å²) in [5.41, 5.74) is 5.34. The molecule has 0 radical (unpaired) electrons. The Morgan fingerprint density at radius 2 is 1.75 bits per heavy atom. The molecular formula is C8H19NO5S2. The van der Waals surface area contributed by atoms with Crippen LogP contribution in [0.15, 0.2) is 0 Å². The maximum Gasteiger partial charge on any atom is 0.153 e. The van der Waals surface area contributed by atoms with Crippen LogP contribution in [0.5, 0.6) is 0 Å². The van der Waals surface area contributed by atoms with Crippen molar-refractivity contribution < 1.29 is 21.6 Å². The van der Waals surface area contributed by atoms with Crippen molar-refractivity contribution in [2.75, 3.05) is 36.7 Å². The average molecular weight is 273 g/mol. The number of nitrogens with two attached hydrogens (primary N) is 1. The first-order chi connectivity index (χ1) is 7.20. The summed E-state index contributed by atoms with van der Waals surface area (Å²) >= 11 is 0. The molecule has 1 unspecified atom stereocenters. The van der Waals surface area contributed by atoms with Gasteiger partial charge in [-0.3, -0.25) is 0 Å². The molecule has 0 heterocycles. The first-order valence-electron chi connectivity index (χ1n) is 4.90. The summed E-state index contributed by atoms with van der Waals surface area (Å²) in [5.74, 6) is -0.971. The van der Waals surface area contributed by atoms with Gasteiger partial charge in [0.2, 0.25) is 0 Å². The van der Waals surface area contributed by atoms with Crippen LogP contribution in [0.4, 0.5) is 0 Å². The molecule has 0 aromatic carbocycles. The minimum absolute atomic E-state index is 0.103. The molecule has 0 rings (SSSR count). The fourth-order valence-electron chi connectivity index (χ4n) is 1.06. The van der Waals surface area contributed by atoms with Crippen molar-refractivity contribution >= 4 is 19.7 Å². The van der Waals surface area contributed by atoms with Crippen LogP contribution < -0.4 is 5.73 Å². The second-order valence-electron chi connectivity index (χ2n) is 3.56. The van der Waals surface area contributed by atoms with Gasteiger partial charge in [0.25, 0.3) is 0 Å². The van der Waals surface area contributed by atoms with E-state index in [1.807, 2.05) is 0 Å². The maximum absolute atomic E-state index is 11.5. The zero-order chi connectivity index (χ0) is 12.8. The van der Waals surface area contributed by atoms with Gasteiger partial charge in [0, 0.05) is 19.4 Å². The SMILES string of the molecule is CCOC(CN)CS(=O)(=O)CCS(C)(=O)=O. The lowest BCUT2D eigenvalue weighted by Gasteiger charge is -2.14. The van der Waals surface area contributed by atoms with Gasteiger partial charge in [-0.05, 0) is 6.92 Å². The van der Waals surface area contributed by atoms with E-state index in [1.165, 1.54) is 0 Å². The Bertz CT molecular complexity index is 387. The molecule has 6 nitrogen and oxygen atoms in total. The molecular weight excluding hydrogens is 254 g/mol. The highest BCUT2D eigenvalue weighted by Gasteiger charge is 2.20. The fourth-order valence-corrected chi connectivity index (χ4v) is 4.26. The second kappa shape index (κ2) is 6.53. The van der Waals surface area contributed by atoms with Gasteiger partial charge in [-0.1, -0.05) is 0 Å². The molecule has 0 saturated heterocycles. The molecule has 8 heteroatoms. The molecule has 1 atom stereocenters. The minimum atomic E-state index is -3.43. The number of ether oxygens (including phenoxy) is 1. The highest BCUT2D eigenvalue weighted by atomic mass is 32.2. The van der Waals surface area contributed by atoms with Crippen LogP contribution in [-0.4, -0.2) is 59.6 Å². The van der Waals surface area contributed by atoms with Crippen LogP contribution in [0.25, 0.3) is 0 Å². The predicted molar refractivity (Wildman–Crippen MR) is 62.8 cm³/mol. The van der Waals surface area contributed by atoms with Crippen molar-refractivity contribution in [3.05, 3.63) is 0 Å². The van der Waals surface area contributed by atoms with Crippen LogP contribution in [-0.2, 0) is 24.4 Å². The van der Waals surface area contributed by atoms with Gasteiger partial charge in [-0.2, -0.15) is 0 Å². The Kier molecular flexibility index (Phi) is 6.46. The van der Waals surface area contributed by atoms with E-state index in [0.29, 0.717) is 6.61 Å². The smallest absolute Gasteiger partial charge is 0.153 e. The molecule has 0 aromatic heterocycles. The second-order valence-corrected chi connectivity index (χ2v) is 8.05. The van der Waals surface area contributed by atoms with Crippen molar-refractivity contribution in [1.29, 1.82) is 0 Å². The summed E-state index contributed by atoms with van der Waals surface area (Å²) in [6, 6.07) is 0. The van der Waals surface area contributed by atoms with E-state index in [-0.39, 0.29) is 23.8 Å². The molecule has 0 amide bonds. The lowest BCUT2D eigenvalue weighted by Crippen LogP contribution is -2.33. The van der Waals surface area contributed by atoms with Crippen molar-refractivity contribution in [1.82, 2.24) is 0 Å². The Labute approximate surface area is 97.0 Å². The summed E-state index contributed by atoms with van der Waals surface area (Å²) in [4.78, 5) is 0. The number of rotatable bonds is 8. The van der Waals surface area contributed by atoms with Gasteiger partial charge in [-0.25, -0.2) is 16.8 Å². The molecule has 0 spiro atoms. The number of hydrogen-bond donors (Lipinski definition) is 1. The Hall–Kier alpha value is -0.180. The van der Waals surface area contributed by atoms with Gasteiger partial charge in [0.15, 0.2) is 9.84 Å². The lowest BCUT2D eigenvalue weighted by molar-refractivity contribution is 0.0846. The first kappa shape index (κ1) is 15.8.